The largest absolute Gasteiger partial charge is 0.373 e. The van der Waals surface area contributed by atoms with E-state index in [0.29, 0.717) is 43.1 Å². The second-order valence-electron chi connectivity index (χ2n) is 8.04. The lowest BCUT2D eigenvalue weighted by atomic mass is 9.88. The lowest BCUT2D eigenvalue weighted by Gasteiger charge is -2.35. The third-order valence-corrected chi connectivity index (χ3v) is 6.38. The van der Waals surface area contributed by atoms with Crippen molar-refractivity contribution < 1.29 is 23.5 Å². The summed E-state index contributed by atoms with van der Waals surface area (Å²) in [5.74, 6) is -0.484. The van der Waals surface area contributed by atoms with Crippen LogP contribution in [0.5, 0.6) is 0 Å². The number of urea groups is 1. The molecule has 2 aliphatic rings. The van der Waals surface area contributed by atoms with Gasteiger partial charge in [0, 0.05) is 36.7 Å². The van der Waals surface area contributed by atoms with Gasteiger partial charge in [0.1, 0.15) is 6.23 Å². The van der Waals surface area contributed by atoms with Crippen molar-refractivity contribution in [2.24, 2.45) is 0 Å². The van der Waals surface area contributed by atoms with Crippen molar-refractivity contribution in [3.63, 3.8) is 0 Å². The number of hydrogen-bond acceptors (Lipinski definition) is 3. The van der Waals surface area contributed by atoms with Crippen molar-refractivity contribution in [1.82, 2.24) is 10.2 Å². The highest BCUT2D eigenvalue weighted by molar-refractivity contribution is 6.34. The van der Waals surface area contributed by atoms with Crippen molar-refractivity contribution in [2.45, 2.75) is 37.8 Å². The fourth-order valence-electron chi connectivity index (χ4n) is 4.35. The van der Waals surface area contributed by atoms with Gasteiger partial charge in [-0.1, -0.05) is 41.9 Å². The summed E-state index contributed by atoms with van der Waals surface area (Å²) in [6.07, 6.45) is -2.11. The average molecular weight is 464 g/mol. The third kappa shape index (κ3) is 4.56. The van der Waals surface area contributed by atoms with E-state index in [1.54, 1.807) is 12.1 Å². The molecule has 3 amide bonds. The van der Waals surface area contributed by atoms with Crippen LogP contribution in [0, 0.1) is 0 Å². The summed E-state index contributed by atoms with van der Waals surface area (Å²) < 4.78 is 25.5. The molecule has 0 aliphatic carbocycles. The fraction of sp³-hybridized carbons (Fsp3) is 0.391. The number of rotatable bonds is 5. The maximum Gasteiger partial charge on any atom is 0.324 e. The van der Waals surface area contributed by atoms with E-state index in [9.17, 15) is 23.5 Å². The van der Waals surface area contributed by atoms with Crippen LogP contribution in [-0.2, 0) is 4.79 Å². The molecular formula is C23H24ClF2N3O3. The van der Waals surface area contributed by atoms with Crippen LogP contribution in [0.4, 0.5) is 19.3 Å². The lowest BCUT2D eigenvalue weighted by molar-refractivity contribution is -0.127. The Morgan fingerprint density at radius 3 is 2.56 bits per heavy atom. The number of nitrogens with zero attached hydrogens (tertiary/aromatic N) is 2. The number of halogens is 3. The van der Waals surface area contributed by atoms with Crippen LogP contribution < -0.4 is 10.2 Å². The standard InChI is InChI=1S/C23H24ClF2N3O3/c24-21-16(3-1-4-17(21)18-9-10-20(30)27-22(18)31)14-5-7-15(8-6-14)29-12-2-11-28(23(29)32)13-19(25)26/h1,3-8,18-19,22,31H,2,9-13H2,(H,27,30). The molecule has 0 aromatic heterocycles. The average Bonchev–Trinajstić information content (AvgIpc) is 2.76. The number of carbonyl (C=O) groups excluding carboxylic acids is 2. The normalized spacial score (nSPS) is 21.8. The summed E-state index contributed by atoms with van der Waals surface area (Å²) in [6, 6.07) is 12.4. The van der Waals surface area contributed by atoms with Gasteiger partial charge >= 0.3 is 6.03 Å². The molecule has 32 heavy (non-hydrogen) atoms. The number of nitrogens with one attached hydrogen (secondary N) is 1. The first-order valence-electron chi connectivity index (χ1n) is 10.6. The molecule has 0 saturated carbocycles. The second-order valence-corrected chi connectivity index (χ2v) is 8.42. The molecule has 0 radical (unpaired) electrons. The smallest absolute Gasteiger partial charge is 0.324 e. The van der Waals surface area contributed by atoms with Crippen molar-refractivity contribution >= 4 is 29.2 Å². The van der Waals surface area contributed by atoms with Crippen LogP contribution in [0.15, 0.2) is 42.5 Å². The van der Waals surface area contributed by atoms with Gasteiger partial charge in [0.15, 0.2) is 0 Å². The summed E-state index contributed by atoms with van der Waals surface area (Å²) >= 11 is 6.69. The minimum Gasteiger partial charge on any atom is -0.373 e. The third-order valence-electron chi connectivity index (χ3n) is 5.96. The van der Waals surface area contributed by atoms with Crippen LogP contribution in [0.2, 0.25) is 5.02 Å². The second kappa shape index (κ2) is 9.42. The Kier molecular flexibility index (Phi) is 6.62. The molecule has 6 nitrogen and oxygen atoms in total. The molecule has 2 aliphatic heterocycles. The number of carbonyl (C=O) groups is 2. The number of hydrogen-bond donors (Lipinski definition) is 2. The highest BCUT2D eigenvalue weighted by Gasteiger charge is 2.31. The van der Waals surface area contributed by atoms with Crippen molar-refractivity contribution in [2.75, 3.05) is 24.5 Å². The Bertz CT molecular complexity index is 1000. The van der Waals surface area contributed by atoms with Gasteiger partial charge < -0.3 is 15.3 Å². The maximum atomic E-state index is 12.7. The Hall–Kier alpha value is -2.71. The van der Waals surface area contributed by atoms with E-state index in [2.05, 4.69) is 5.32 Å². The van der Waals surface area contributed by atoms with E-state index in [4.69, 9.17) is 11.6 Å². The minimum absolute atomic E-state index is 0.184. The molecule has 2 aromatic rings. The highest BCUT2D eigenvalue weighted by Crippen LogP contribution is 2.38. The number of aliphatic hydroxyl groups excluding tert-OH is 1. The Balaban J connectivity index is 1.56. The molecule has 2 heterocycles. The quantitative estimate of drug-likeness (QED) is 0.697. The van der Waals surface area contributed by atoms with Gasteiger partial charge in [0.2, 0.25) is 5.91 Å². The molecular weight excluding hydrogens is 440 g/mol. The molecule has 2 saturated heterocycles. The zero-order chi connectivity index (χ0) is 22.8. The summed E-state index contributed by atoms with van der Waals surface area (Å²) in [5.41, 5.74) is 2.98. The van der Waals surface area contributed by atoms with Crippen molar-refractivity contribution in [1.29, 1.82) is 0 Å². The molecule has 9 heteroatoms. The maximum absolute atomic E-state index is 12.7. The topological polar surface area (TPSA) is 72.9 Å². The van der Waals surface area contributed by atoms with Gasteiger partial charge in [0.25, 0.3) is 6.43 Å². The van der Waals surface area contributed by atoms with E-state index in [-0.39, 0.29) is 11.8 Å². The van der Waals surface area contributed by atoms with Gasteiger partial charge in [0.05, 0.1) is 11.6 Å². The van der Waals surface area contributed by atoms with E-state index in [0.717, 1.165) is 16.7 Å². The summed E-state index contributed by atoms with van der Waals surface area (Å²) in [4.78, 5) is 26.8. The number of amides is 3. The molecule has 2 N–H and O–H groups in total. The van der Waals surface area contributed by atoms with E-state index < -0.39 is 25.2 Å². The first-order chi connectivity index (χ1) is 15.3. The highest BCUT2D eigenvalue weighted by atomic mass is 35.5. The Labute approximate surface area is 189 Å². The fourth-order valence-corrected chi connectivity index (χ4v) is 4.72. The monoisotopic (exact) mass is 463 g/mol. The van der Waals surface area contributed by atoms with Gasteiger partial charge in [-0.3, -0.25) is 9.69 Å². The van der Waals surface area contributed by atoms with Crippen LogP contribution in [0.25, 0.3) is 11.1 Å². The van der Waals surface area contributed by atoms with Crippen LogP contribution in [-0.4, -0.2) is 54.2 Å². The van der Waals surface area contributed by atoms with Crippen molar-refractivity contribution in [3.05, 3.63) is 53.1 Å². The first-order valence-corrected chi connectivity index (χ1v) is 10.9. The number of anilines is 1. The first kappa shape index (κ1) is 22.5. The summed E-state index contributed by atoms with van der Waals surface area (Å²) in [5, 5.41) is 13.3. The molecule has 2 fully saturated rings. The predicted molar refractivity (Wildman–Crippen MR) is 118 cm³/mol. The summed E-state index contributed by atoms with van der Waals surface area (Å²) in [7, 11) is 0. The predicted octanol–water partition coefficient (Wildman–Crippen LogP) is 4.22. The van der Waals surface area contributed by atoms with Crippen LogP contribution in [0.1, 0.15) is 30.7 Å². The SMILES string of the molecule is O=C1CCC(c2cccc(-c3ccc(N4CCCN(CC(F)F)C4=O)cc3)c2Cl)C(O)N1. The Morgan fingerprint density at radius 2 is 1.88 bits per heavy atom. The van der Waals surface area contributed by atoms with Crippen molar-refractivity contribution in [3.8, 4) is 11.1 Å². The lowest BCUT2D eigenvalue weighted by Crippen LogP contribution is -2.50. The van der Waals surface area contributed by atoms with Gasteiger partial charge in [-0.05, 0) is 36.1 Å². The molecule has 0 bridgehead atoms. The van der Waals surface area contributed by atoms with E-state index in [1.165, 1.54) is 9.80 Å². The molecule has 4 rings (SSSR count). The Morgan fingerprint density at radius 1 is 1.12 bits per heavy atom. The molecule has 2 aromatic carbocycles. The number of alkyl halides is 2. The minimum atomic E-state index is -2.56. The molecule has 170 valence electrons. The van der Waals surface area contributed by atoms with E-state index in [1.807, 2.05) is 30.3 Å². The zero-order valence-electron chi connectivity index (χ0n) is 17.3. The molecule has 2 atom stereocenters. The van der Waals surface area contributed by atoms with Crippen LogP contribution in [0.3, 0.4) is 0 Å². The van der Waals surface area contributed by atoms with E-state index >= 15 is 0 Å². The molecule has 0 spiro atoms. The summed E-state index contributed by atoms with van der Waals surface area (Å²) in [6.45, 7) is 0.233. The molecule has 2 unspecified atom stereocenters. The van der Waals surface area contributed by atoms with Gasteiger partial charge in [-0.2, -0.15) is 0 Å². The zero-order valence-corrected chi connectivity index (χ0v) is 18.1. The number of aliphatic hydroxyl groups is 1. The van der Waals surface area contributed by atoms with Gasteiger partial charge in [-0.25, -0.2) is 13.6 Å². The van der Waals surface area contributed by atoms with Crippen LogP contribution >= 0.6 is 11.6 Å². The van der Waals surface area contributed by atoms with Gasteiger partial charge in [-0.15, -0.1) is 0 Å². The number of piperidine rings is 1. The number of benzene rings is 2.